The third-order valence-corrected chi connectivity index (χ3v) is 4.37. The predicted octanol–water partition coefficient (Wildman–Crippen LogP) is 2.60. The molecule has 0 saturated carbocycles. The smallest absolute Gasteiger partial charge is 0.191 e. The topological polar surface area (TPSA) is 52.6 Å². The van der Waals surface area contributed by atoms with E-state index < -0.39 is 0 Å². The summed E-state index contributed by atoms with van der Waals surface area (Å²) in [6.45, 7) is 1.58. The first-order valence-electron chi connectivity index (χ1n) is 7.93. The second kappa shape index (κ2) is 9.82. The number of anilines is 1. The van der Waals surface area contributed by atoms with Gasteiger partial charge >= 0.3 is 0 Å². The van der Waals surface area contributed by atoms with Crippen LogP contribution in [0.1, 0.15) is 5.56 Å². The van der Waals surface area contributed by atoms with Gasteiger partial charge in [-0.1, -0.05) is 18.2 Å². The van der Waals surface area contributed by atoms with Gasteiger partial charge in [0.25, 0.3) is 0 Å². The summed E-state index contributed by atoms with van der Waals surface area (Å²) in [5.41, 5.74) is 1.18. The molecule has 0 unspecified atom stereocenters. The van der Waals surface area contributed by atoms with E-state index in [1.807, 2.05) is 49.1 Å². The molecule has 24 heavy (non-hydrogen) atoms. The van der Waals surface area contributed by atoms with Crippen LogP contribution in [0.5, 0.6) is 0 Å². The van der Waals surface area contributed by atoms with Crippen LogP contribution < -0.4 is 15.5 Å². The minimum Gasteiger partial charge on any atom is -0.363 e. The van der Waals surface area contributed by atoms with Gasteiger partial charge in [0.05, 0.1) is 0 Å². The lowest BCUT2D eigenvalue weighted by molar-refractivity contribution is 0.830. The first kappa shape index (κ1) is 18.1. The van der Waals surface area contributed by atoms with Gasteiger partial charge in [-0.2, -0.15) is 0 Å². The molecular weight excluding hydrogens is 318 g/mol. The number of aliphatic imine (C=N–C) groups is 1. The van der Waals surface area contributed by atoms with Crippen LogP contribution in [0.25, 0.3) is 0 Å². The highest BCUT2D eigenvalue weighted by Crippen LogP contribution is 2.15. The Hall–Kier alpha value is -2.21. The van der Waals surface area contributed by atoms with E-state index >= 15 is 0 Å². The van der Waals surface area contributed by atoms with Crippen LogP contribution in [0.3, 0.4) is 0 Å². The highest BCUT2D eigenvalue weighted by atomic mass is 32.2. The summed E-state index contributed by atoms with van der Waals surface area (Å²) in [5.74, 6) is 2.76. The molecule has 2 aromatic rings. The number of guanidine groups is 1. The van der Waals surface area contributed by atoms with Crippen LogP contribution in [-0.4, -0.2) is 44.4 Å². The predicted molar refractivity (Wildman–Crippen MR) is 104 cm³/mol. The van der Waals surface area contributed by atoms with E-state index in [1.54, 1.807) is 7.05 Å². The third-order valence-electron chi connectivity index (χ3n) is 3.36. The molecule has 0 radical (unpaired) electrons. The summed E-state index contributed by atoms with van der Waals surface area (Å²) in [6.07, 6.45) is 1.83. The summed E-state index contributed by atoms with van der Waals surface area (Å²) >= 11 is 1.83. The van der Waals surface area contributed by atoms with E-state index in [0.717, 1.165) is 30.6 Å². The standard InChI is InChI=1S/C18H25N5S/c1-19-18(21-11-12-24-16-7-5-4-6-8-16)22-14-15-9-10-20-17(13-15)23(2)3/h4-10,13H,11-12,14H2,1-3H3,(H2,19,21,22). The van der Waals surface area contributed by atoms with Gasteiger partial charge in [-0.25, -0.2) is 4.98 Å². The van der Waals surface area contributed by atoms with Gasteiger partial charge in [-0.05, 0) is 29.8 Å². The van der Waals surface area contributed by atoms with Crippen molar-refractivity contribution >= 4 is 23.5 Å². The Morgan fingerprint density at radius 2 is 1.96 bits per heavy atom. The molecule has 1 aromatic heterocycles. The fourth-order valence-corrected chi connectivity index (χ4v) is 2.87. The van der Waals surface area contributed by atoms with Gasteiger partial charge in [0, 0.05) is 51.1 Å². The Balaban J connectivity index is 1.73. The average molecular weight is 344 g/mol. The molecule has 0 spiro atoms. The van der Waals surface area contributed by atoms with E-state index in [-0.39, 0.29) is 0 Å². The maximum Gasteiger partial charge on any atom is 0.191 e. The van der Waals surface area contributed by atoms with Crippen molar-refractivity contribution in [1.82, 2.24) is 15.6 Å². The second-order valence-corrected chi connectivity index (χ2v) is 6.60. The van der Waals surface area contributed by atoms with Crippen LogP contribution in [0.15, 0.2) is 58.5 Å². The molecular formula is C18H25N5S. The zero-order valence-electron chi connectivity index (χ0n) is 14.5. The molecule has 0 aliphatic rings. The maximum atomic E-state index is 4.33. The monoisotopic (exact) mass is 343 g/mol. The molecule has 0 aliphatic carbocycles. The molecule has 1 aromatic carbocycles. The number of rotatable bonds is 7. The summed E-state index contributed by atoms with van der Waals surface area (Å²) in [4.78, 5) is 11.9. The van der Waals surface area contributed by atoms with Crippen LogP contribution in [0, 0.1) is 0 Å². The molecule has 0 fully saturated rings. The fourth-order valence-electron chi connectivity index (χ4n) is 2.08. The SMILES string of the molecule is CN=C(NCCSc1ccccc1)NCc1ccnc(N(C)C)c1. The molecule has 1 heterocycles. The molecule has 2 rings (SSSR count). The first-order valence-corrected chi connectivity index (χ1v) is 8.92. The molecule has 2 N–H and O–H groups in total. The van der Waals surface area contributed by atoms with Crippen molar-refractivity contribution in [3.63, 3.8) is 0 Å². The lowest BCUT2D eigenvalue weighted by atomic mass is 10.2. The molecule has 0 aliphatic heterocycles. The first-order chi connectivity index (χ1) is 11.7. The van der Waals surface area contributed by atoms with Gasteiger partial charge in [0.1, 0.15) is 5.82 Å². The fraction of sp³-hybridized carbons (Fsp3) is 0.333. The molecule has 6 heteroatoms. The van der Waals surface area contributed by atoms with E-state index in [9.17, 15) is 0 Å². The van der Waals surface area contributed by atoms with Crippen molar-refractivity contribution in [2.24, 2.45) is 4.99 Å². The third kappa shape index (κ3) is 6.12. The summed E-state index contributed by atoms with van der Waals surface area (Å²) in [7, 11) is 5.77. The Morgan fingerprint density at radius 1 is 1.17 bits per heavy atom. The Bertz CT molecular complexity index is 643. The van der Waals surface area contributed by atoms with Crippen LogP contribution in [0.4, 0.5) is 5.82 Å². The van der Waals surface area contributed by atoms with Gasteiger partial charge < -0.3 is 15.5 Å². The Kier molecular flexibility index (Phi) is 7.42. The largest absolute Gasteiger partial charge is 0.363 e. The number of pyridine rings is 1. The van der Waals surface area contributed by atoms with Crippen LogP contribution in [0.2, 0.25) is 0 Å². The maximum absolute atomic E-state index is 4.33. The van der Waals surface area contributed by atoms with Gasteiger partial charge in [0.2, 0.25) is 0 Å². The molecule has 128 valence electrons. The highest BCUT2D eigenvalue weighted by molar-refractivity contribution is 7.99. The molecule has 0 atom stereocenters. The lowest BCUT2D eigenvalue weighted by Crippen LogP contribution is -2.38. The van der Waals surface area contributed by atoms with E-state index in [2.05, 4.69) is 50.9 Å². The molecule has 0 amide bonds. The minimum absolute atomic E-state index is 0.717. The van der Waals surface area contributed by atoms with Crippen LogP contribution in [-0.2, 0) is 6.54 Å². The van der Waals surface area contributed by atoms with Crippen molar-refractivity contribution in [2.45, 2.75) is 11.4 Å². The van der Waals surface area contributed by atoms with Gasteiger partial charge in [-0.15, -0.1) is 11.8 Å². The Labute approximate surface area is 148 Å². The minimum atomic E-state index is 0.717. The number of benzene rings is 1. The quantitative estimate of drug-likeness (QED) is 0.350. The summed E-state index contributed by atoms with van der Waals surface area (Å²) in [5, 5.41) is 6.67. The summed E-state index contributed by atoms with van der Waals surface area (Å²) in [6, 6.07) is 14.5. The van der Waals surface area contributed by atoms with E-state index in [1.165, 1.54) is 10.5 Å². The van der Waals surface area contributed by atoms with Crippen molar-refractivity contribution in [3.8, 4) is 0 Å². The van der Waals surface area contributed by atoms with Gasteiger partial charge in [-0.3, -0.25) is 4.99 Å². The number of aromatic nitrogens is 1. The Morgan fingerprint density at radius 3 is 2.67 bits per heavy atom. The zero-order valence-corrected chi connectivity index (χ0v) is 15.3. The second-order valence-electron chi connectivity index (χ2n) is 5.43. The van der Waals surface area contributed by atoms with Crippen molar-refractivity contribution in [2.75, 3.05) is 38.3 Å². The lowest BCUT2D eigenvalue weighted by Gasteiger charge is -2.14. The number of thioether (sulfide) groups is 1. The normalized spacial score (nSPS) is 11.2. The number of nitrogens with zero attached hydrogens (tertiary/aromatic N) is 3. The summed E-state index contributed by atoms with van der Waals surface area (Å²) < 4.78 is 0. The van der Waals surface area contributed by atoms with Crippen molar-refractivity contribution < 1.29 is 0 Å². The number of hydrogen-bond donors (Lipinski definition) is 2. The molecule has 0 saturated heterocycles. The van der Waals surface area contributed by atoms with E-state index in [4.69, 9.17) is 0 Å². The van der Waals surface area contributed by atoms with Crippen LogP contribution >= 0.6 is 11.8 Å². The highest BCUT2D eigenvalue weighted by Gasteiger charge is 2.01. The average Bonchev–Trinajstić information content (AvgIpc) is 2.62. The van der Waals surface area contributed by atoms with Gasteiger partial charge in [0.15, 0.2) is 5.96 Å². The molecule has 5 nitrogen and oxygen atoms in total. The van der Waals surface area contributed by atoms with Crippen molar-refractivity contribution in [3.05, 3.63) is 54.2 Å². The number of hydrogen-bond acceptors (Lipinski definition) is 4. The zero-order chi connectivity index (χ0) is 17.2. The molecule has 0 bridgehead atoms. The number of nitrogens with one attached hydrogen (secondary N) is 2. The van der Waals surface area contributed by atoms with Crippen molar-refractivity contribution in [1.29, 1.82) is 0 Å². The van der Waals surface area contributed by atoms with E-state index in [0.29, 0.717) is 0 Å².